The minimum absolute atomic E-state index is 0.374. The van der Waals surface area contributed by atoms with Gasteiger partial charge in [-0.05, 0) is 43.2 Å². The van der Waals surface area contributed by atoms with Gasteiger partial charge in [0, 0.05) is 11.8 Å². The summed E-state index contributed by atoms with van der Waals surface area (Å²) in [5.41, 5.74) is 1.77. The van der Waals surface area contributed by atoms with Crippen molar-refractivity contribution < 1.29 is 5.11 Å². The number of phenols is 1. The highest BCUT2D eigenvalue weighted by Gasteiger charge is 2.36. The summed E-state index contributed by atoms with van der Waals surface area (Å²) in [6.07, 6.45) is 8.62. The first kappa shape index (κ1) is 11.8. The molecule has 0 aliphatic heterocycles. The molecule has 3 rings (SSSR count). The van der Waals surface area contributed by atoms with Gasteiger partial charge in [0.25, 0.3) is 0 Å². The molecule has 2 atom stereocenters. The van der Waals surface area contributed by atoms with Crippen LogP contribution in [0.1, 0.15) is 43.2 Å². The van der Waals surface area contributed by atoms with Crippen LogP contribution in [0.4, 0.5) is 0 Å². The molecule has 0 amide bonds. The van der Waals surface area contributed by atoms with E-state index in [1.54, 1.807) is 0 Å². The van der Waals surface area contributed by atoms with E-state index in [1.807, 2.05) is 31.3 Å². The van der Waals surface area contributed by atoms with Crippen molar-refractivity contribution in [3.8, 4) is 5.75 Å². The first-order valence-electron chi connectivity index (χ1n) is 7.06. The van der Waals surface area contributed by atoms with Gasteiger partial charge in [0.15, 0.2) is 0 Å². The van der Waals surface area contributed by atoms with Gasteiger partial charge < -0.3 is 5.11 Å². The standard InChI is InChI=1S/C16H21NO/c1-11-4-2-7-14(16(11)18)10-17-15-8-12-5-3-6-13(12)9-15/h2,4,7,10,12-13,15,18H,3,5-6,8-9H2,1H3. The molecule has 1 N–H and O–H groups in total. The fourth-order valence-corrected chi connectivity index (χ4v) is 3.62. The van der Waals surface area contributed by atoms with E-state index in [-0.39, 0.29) is 0 Å². The molecule has 0 bridgehead atoms. The van der Waals surface area contributed by atoms with Crippen LogP contribution in [0.5, 0.6) is 5.75 Å². The number of nitrogens with zero attached hydrogens (tertiary/aromatic N) is 1. The summed E-state index contributed by atoms with van der Waals surface area (Å²) in [7, 11) is 0. The highest BCUT2D eigenvalue weighted by atomic mass is 16.3. The van der Waals surface area contributed by atoms with E-state index in [0.29, 0.717) is 11.8 Å². The number of hydrogen-bond acceptors (Lipinski definition) is 2. The van der Waals surface area contributed by atoms with Crippen molar-refractivity contribution in [2.45, 2.75) is 45.1 Å². The predicted octanol–water partition coefficient (Wildman–Crippen LogP) is 3.70. The van der Waals surface area contributed by atoms with Gasteiger partial charge in [0.1, 0.15) is 5.75 Å². The number of fused-ring (bicyclic) bond motifs is 1. The van der Waals surface area contributed by atoms with Gasteiger partial charge in [0.05, 0.1) is 6.04 Å². The Hall–Kier alpha value is -1.31. The normalized spacial score (nSPS) is 31.1. The lowest BCUT2D eigenvalue weighted by Crippen LogP contribution is -2.00. The maximum Gasteiger partial charge on any atom is 0.127 e. The van der Waals surface area contributed by atoms with E-state index in [9.17, 15) is 5.11 Å². The maximum absolute atomic E-state index is 9.94. The van der Waals surface area contributed by atoms with Crippen molar-refractivity contribution in [1.82, 2.24) is 0 Å². The van der Waals surface area contributed by atoms with E-state index in [0.717, 1.165) is 23.0 Å². The molecule has 0 aromatic heterocycles. The van der Waals surface area contributed by atoms with Gasteiger partial charge in [0.2, 0.25) is 0 Å². The van der Waals surface area contributed by atoms with Crippen LogP contribution in [-0.4, -0.2) is 17.4 Å². The Morgan fingerprint density at radius 1 is 1.22 bits per heavy atom. The summed E-state index contributed by atoms with van der Waals surface area (Å²) in [4.78, 5) is 4.69. The number of rotatable bonds is 2. The number of para-hydroxylation sites is 1. The van der Waals surface area contributed by atoms with E-state index < -0.39 is 0 Å². The largest absolute Gasteiger partial charge is 0.507 e. The zero-order valence-electron chi connectivity index (χ0n) is 11.0. The van der Waals surface area contributed by atoms with Gasteiger partial charge >= 0.3 is 0 Å². The number of aromatic hydroxyl groups is 1. The molecule has 2 saturated carbocycles. The van der Waals surface area contributed by atoms with Gasteiger partial charge in [-0.3, -0.25) is 4.99 Å². The smallest absolute Gasteiger partial charge is 0.127 e. The fourth-order valence-electron chi connectivity index (χ4n) is 3.62. The zero-order valence-corrected chi connectivity index (χ0v) is 11.0. The molecule has 2 heteroatoms. The molecule has 2 unspecified atom stereocenters. The minimum Gasteiger partial charge on any atom is -0.507 e. The Kier molecular flexibility index (Phi) is 3.11. The topological polar surface area (TPSA) is 32.6 Å². The molecule has 0 saturated heterocycles. The minimum atomic E-state index is 0.374. The second kappa shape index (κ2) is 4.75. The summed E-state index contributed by atoms with van der Waals surface area (Å²) >= 11 is 0. The molecule has 2 fully saturated rings. The molecular weight excluding hydrogens is 222 g/mol. The van der Waals surface area contributed by atoms with Crippen LogP contribution < -0.4 is 0 Å². The Morgan fingerprint density at radius 2 is 1.94 bits per heavy atom. The quantitative estimate of drug-likeness (QED) is 0.789. The lowest BCUT2D eigenvalue weighted by molar-refractivity contribution is 0.457. The van der Waals surface area contributed by atoms with Crippen LogP contribution in [0.25, 0.3) is 0 Å². The summed E-state index contributed by atoms with van der Waals surface area (Å²) < 4.78 is 0. The van der Waals surface area contributed by atoms with Gasteiger partial charge in [-0.15, -0.1) is 0 Å². The van der Waals surface area contributed by atoms with Crippen molar-refractivity contribution in [3.63, 3.8) is 0 Å². The molecule has 18 heavy (non-hydrogen) atoms. The van der Waals surface area contributed by atoms with Crippen LogP contribution in [0.2, 0.25) is 0 Å². The molecule has 1 aromatic rings. The molecule has 0 heterocycles. The maximum atomic E-state index is 9.94. The molecule has 2 nitrogen and oxygen atoms in total. The SMILES string of the molecule is Cc1cccc(C=NC2CC3CCCC3C2)c1O. The average Bonchev–Trinajstić information content (AvgIpc) is 2.91. The molecule has 1 aromatic carbocycles. The van der Waals surface area contributed by atoms with E-state index in [1.165, 1.54) is 32.1 Å². The molecule has 0 radical (unpaired) electrons. The number of aliphatic imine (C=N–C) groups is 1. The van der Waals surface area contributed by atoms with Crippen molar-refractivity contribution in [1.29, 1.82) is 0 Å². The summed E-state index contributed by atoms with van der Waals surface area (Å²) in [6.45, 7) is 1.92. The lowest BCUT2D eigenvalue weighted by Gasteiger charge is -2.06. The average molecular weight is 243 g/mol. The molecule has 96 valence electrons. The number of hydrogen-bond donors (Lipinski definition) is 1. The Balaban J connectivity index is 1.69. The van der Waals surface area contributed by atoms with Gasteiger partial charge in [-0.1, -0.05) is 31.4 Å². The Bertz CT molecular complexity index is 454. The van der Waals surface area contributed by atoms with Crippen molar-refractivity contribution in [2.75, 3.05) is 0 Å². The third-order valence-corrected chi connectivity index (χ3v) is 4.66. The molecule has 0 spiro atoms. The van der Waals surface area contributed by atoms with Crippen LogP contribution >= 0.6 is 0 Å². The summed E-state index contributed by atoms with van der Waals surface area (Å²) in [5, 5.41) is 9.94. The third-order valence-electron chi connectivity index (χ3n) is 4.66. The van der Waals surface area contributed by atoms with Gasteiger partial charge in [-0.25, -0.2) is 0 Å². The number of aryl methyl sites for hydroxylation is 1. The van der Waals surface area contributed by atoms with E-state index in [2.05, 4.69) is 0 Å². The number of phenolic OH excluding ortho intramolecular Hbond substituents is 1. The zero-order chi connectivity index (χ0) is 12.5. The second-order valence-corrected chi connectivity index (χ2v) is 5.87. The Labute approximate surface area is 109 Å². The fraction of sp³-hybridized carbons (Fsp3) is 0.562. The molecule has 2 aliphatic rings. The van der Waals surface area contributed by atoms with Crippen molar-refractivity contribution in [3.05, 3.63) is 29.3 Å². The third kappa shape index (κ3) is 2.16. The first-order chi connectivity index (χ1) is 8.74. The van der Waals surface area contributed by atoms with Crippen molar-refractivity contribution in [2.24, 2.45) is 16.8 Å². The van der Waals surface area contributed by atoms with Crippen LogP contribution in [-0.2, 0) is 0 Å². The highest BCUT2D eigenvalue weighted by molar-refractivity contribution is 5.84. The van der Waals surface area contributed by atoms with Crippen LogP contribution in [0.15, 0.2) is 23.2 Å². The van der Waals surface area contributed by atoms with Crippen LogP contribution in [0, 0.1) is 18.8 Å². The number of benzene rings is 1. The molecular formula is C16H21NO. The van der Waals surface area contributed by atoms with Gasteiger partial charge in [-0.2, -0.15) is 0 Å². The molecule has 2 aliphatic carbocycles. The first-order valence-corrected chi connectivity index (χ1v) is 7.06. The van der Waals surface area contributed by atoms with Crippen molar-refractivity contribution >= 4 is 6.21 Å². The van der Waals surface area contributed by atoms with E-state index >= 15 is 0 Å². The monoisotopic (exact) mass is 243 g/mol. The summed E-state index contributed by atoms with van der Waals surface area (Å²) in [6, 6.07) is 6.31. The second-order valence-electron chi connectivity index (χ2n) is 5.87. The summed E-state index contributed by atoms with van der Waals surface area (Å²) in [5.74, 6) is 2.23. The highest BCUT2D eigenvalue weighted by Crippen LogP contribution is 2.44. The lowest BCUT2D eigenvalue weighted by atomic mass is 10.0. The van der Waals surface area contributed by atoms with Crippen LogP contribution in [0.3, 0.4) is 0 Å². The van der Waals surface area contributed by atoms with E-state index in [4.69, 9.17) is 4.99 Å². The predicted molar refractivity (Wildman–Crippen MR) is 74.3 cm³/mol. The Morgan fingerprint density at radius 3 is 2.67 bits per heavy atom.